The van der Waals surface area contributed by atoms with Crippen molar-refractivity contribution >= 4 is 21.5 Å². The van der Waals surface area contributed by atoms with Crippen LogP contribution in [-0.2, 0) is 11.8 Å². The molecule has 0 amide bonds. The van der Waals surface area contributed by atoms with E-state index in [0.29, 0.717) is 0 Å². The molecule has 0 spiro atoms. The van der Waals surface area contributed by atoms with Crippen LogP contribution in [0.3, 0.4) is 0 Å². The number of hydrogen-bond donors (Lipinski definition) is 0. The Hall–Kier alpha value is -3.38. The predicted molar refractivity (Wildman–Crippen MR) is 143 cm³/mol. The van der Waals surface area contributed by atoms with Gasteiger partial charge in [0.05, 0.1) is 0 Å². The minimum atomic E-state index is -0.102. The zero-order chi connectivity index (χ0) is 23.0. The van der Waals surface area contributed by atoms with Crippen molar-refractivity contribution in [2.45, 2.75) is 46.0 Å². The average Bonchev–Trinajstić information content (AvgIpc) is 3.25. The summed E-state index contributed by atoms with van der Waals surface area (Å²) < 4.78 is 0. The lowest BCUT2D eigenvalue weighted by atomic mass is 9.69. The van der Waals surface area contributed by atoms with Gasteiger partial charge in [0.1, 0.15) is 0 Å². The molecular formula is C33H32. The largest absolute Gasteiger partial charge is 0.0683 e. The highest BCUT2D eigenvalue weighted by Crippen LogP contribution is 2.50. The molecule has 0 nitrogen and oxygen atoms in total. The highest BCUT2D eigenvalue weighted by atomic mass is 14.4. The van der Waals surface area contributed by atoms with Crippen molar-refractivity contribution in [3.8, 4) is 0 Å². The summed E-state index contributed by atoms with van der Waals surface area (Å²) in [6.07, 6.45) is 2.23. The first-order chi connectivity index (χ1) is 16.1. The summed E-state index contributed by atoms with van der Waals surface area (Å²) in [5, 5.41) is 5.28. The van der Waals surface area contributed by atoms with E-state index in [9.17, 15) is 0 Å². The average molecular weight is 429 g/mol. The summed E-state index contributed by atoms with van der Waals surface area (Å²) in [6.45, 7) is 8.33. The van der Waals surface area contributed by atoms with Crippen molar-refractivity contribution in [2.75, 3.05) is 0 Å². The maximum absolute atomic E-state index is 2.43. The van der Waals surface area contributed by atoms with Crippen LogP contribution < -0.4 is 0 Å². The van der Waals surface area contributed by atoms with Crippen LogP contribution in [0.4, 0.5) is 0 Å². The van der Waals surface area contributed by atoms with Gasteiger partial charge in [-0.2, -0.15) is 0 Å². The molecule has 0 saturated heterocycles. The molecule has 0 unspecified atom stereocenters. The first-order valence-electron chi connectivity index (χ1n) is 12.2. The quantitative estimate of drug-likeness (QED) is 0.263. The fraction of sp³-hybridized carbons (Fsp3) is 0.212. The molecule has 1 aliphatic rings. The van der Waals surface area contributed by atoms with Crippen LogP contribution in [0, 0.1) is 13.8 Å². The van der Waals surface area contributed by atoms with Crippen LogP contribution in [0.1, 0.15) is 53.6 Å². The van der Waals surface area contributed by atoms with E-state index in [0.717, 1.165) is 12.8 Å². The molecule has 0 heteroatoms. The van der Waals surface area contributed by atoms with E-state index in [2.05, 4.69) is 111 Å². The van der Waals surface area contributed by atoms with E-state index >= 15 is 0 Å². The molecule has 33 heavy (non-hydrogen) atoms. The van der Waals surface area contributed by atoms with Gasteiger partial charge < -0.3 is 0 Å². The first-order valence-corrected chi connectivity index (χ1v) is 12.2. The Balaban J connectivity index is 0.00000111. The minimum Gasteiger partial charge on any atom is -0.0683 e. The van der Waals surface area contributed by atoms with Gasteiger partial charge in [0.15, 0.2) is 0 Å². The molecule has 0 aliphatic heterocycles. The van der Waals surface area contributed by atoms with Crippen molar-refractivity contribution < 1.29 is 0 Å². The van der Waals surface area contributed by atoms with E-state index in [-0.39, 0.29) is 5.41 Å². The third kappa shape index (κ3) is 3.55. The highest BCUT2D eigenvalue weighted by molar-refractivity contribution is 5.86. The maximum Gasteiger partial charge on any atom is 0.0457 e. The first kappa shape index (κ1) is 21.5. The Kier molecular flexibility index (Phi) is 5.54. The second-order valence-corrected chi connectivity index (χ2v) is 9.19. The molecule has 164 valence electrons. The van der Waals surface area contributed by atoms with Crippen LogP contribution in [0.25, 0.3) is 21.5 Å². The molecule has 0 fully saturated rings. The van der Waals surface area contributed by atoms with Crippen LogP contribution in [0.5, 0.6) is 0 Å². The van der Waals surface area contributed by atoms with Gasteiger partial charge in [-0.15, -0.1) is 0 Å². The summed E-state index contributed by atoms with van der Waals surface area (Å²) in [6, 6.07) is 36.8. The summed E-state index contributed by atoms with van der Waals surface area (Å²) in [7, 11) is 0. The zero-order valence-corrected chi connectivity index (χ0v) is 20.2. The lowest BCUT2D eigenvalue weighted by molar-refractivity contribution is 0.612. The molecule has 0 N–H and O–H groups in total. The number of hydrogen-bond acceptors (Lipinski definition) is 0. The minimum absolute atomic E-state index is 0.102. The molecule has 6 rings (SSSR count). The molecule has 0 atom stereocenters. The molecule has 0 aromatic heterocycles. The summed E-state index contributed by atoms with van der Waals surface area (Å²) in [5.41, 5.74) is 8.27. The van der Waals surface area contributed by atoms with E-state index < -0.39 is 0 Å². The Bertz CT molecular complexity index is 1370. The number of benzene rings is 5. The summed E-state index contributed by atoms with van der Waals surface area (Å²) in [5.74, 6) is 0. The Morgan fingerprint density at radius 1 is 0.545 bits per heavy atom. The number of aryl methyl sites for hydroxylation is 3. The van der Waals surface area contributed by atoms with Crippen molar-refractivity contribution in [2.24, 2.45) is 0 Å². The summed E-state index contributed by atoms with van der Waals surface area (Å²) >= 11 is 0. The molecule has 0 heterocycles. The van der Waals surface area contributed by atoms with E-state index in [1.807, 2.05) is 13.8 Å². The van der Waals surface area contributed by atoms with Gasteiger partial charge in [-0.1, -0.05) is 110 Å². The predicted octanol–water partition coefficient (Wildman–Crippen LogP) is 8.92. The third-order valence-electron chi connectivity index (χ3n) is 7.22. The second kappa shape index (κ2) is 8.52. The van der Waals surface area contributed by atoms with Gasteiger partial charge in [0.25, 0.3) is 0 Å². The zero-order valence-electron chi connectivity index (χ0n) is 20.2. The lowest BCUT2D eigenvalue weighted by Gasteiger charge is -2.33. The smallest absolute Gasteiger partial charge is 0.0457 e. The van der Waals surface area contributed by atoms with Gasteiger partial charge in [-0.3, -0.25) is 0 Å². The molecule has 0 saturated carbocycles. The fourth-order valence-electron chi connectivity index (χ4n) is 5.64. The normalized spacial score (nSPS) is 14.1. The van der Waals surface area contributed by atoms with E-state index in [1.54, 1.807) is 0 Å². The molecular weight excluding hydrogens is 396 g/mol. The molecule has 0 bridgehead atoms. The third-order valence-corrected chi connectivity index (χ3v) is 7.22. The standard InChI is InChI=1S/C31H26.C2H6/c1-21-7-9-26-19-28(13-11-24(26)17-21)31(16-15-23-5-3-4-6-30(23)31)29-14-12-25-18-22(2)8-10-27(25)20-29;1-2/h3-14,17-20H,15-16H2,1-2H3;1-2H3. The Morgan fingerprint density at radius 3 is 1.61 bits per heavy atom. The maximum atomic E-state index is 2.43. The lowest BCUT2D eigenvalue weighted by Crippen LogP contribution is -2.26. The Labute approximate surface area is 197 Å². The van der Waals surface area contributed by atoms with Crippen molar-refractivity contribution in [3.05, 3.63) is 130 Å². The molecule has 5 aromatic carbocycles. The molecule has 1 aliphatic carbocycles. The highest BCUT2D eigenvalue weighted by Gasteiger charge is 2.41. The van der Waals surface area contributed by atoms with Crippen molar-refractivity contribution in [1.82, 2.24) is 0 Å². The van der Waals surface area contributed by atoms with Gasteiger partial charge in [-0.05, 0) is 82.6 Å². The SMILES string of the molecule is CC.Cc1ccc2cc(C3(c4ccc5cc(C)ccc5c4)CCc4ccccc43)ccc2c1. The van der Waals surface area contributed by atoms with Crippen LogP contribution in [-0.4, -0.2) is 0 Å². The topological polar surface area (TPSA) is 0 Å². The number of fused-ring (bicyclic) bond motifs is 3. The second-order valence-electron chi connectivity index (χ2n) is 9.19. The Morgan fingerprint density at radius 2 is 1.03 bits per heavy atom. The van der Waals surface area contributed by atoms with Gasteiger partial charge in [-0.25, -0.2) is 0 Å². The monoisotopic (exact) mass is 428 g/mol. The van der Waals surface area contributed by atoms with E-state index in [4.69, 9.17) is 0 Å². The molecule has 5 aromatic rings. The summed E-state index contributed by atoms with van der Waals surface area (Å²) in [4.78, 5) is 0. The van der Waals surface area contributed by atoms with Gasteiger partial charge >= 0.3 is 0 Å². The van der Waals surface area contributed by atoms with Crippen LogP contribution in [0.15, 0.2) is 97.1 Å². The number of rotatable bonds is 2. The van der Waals surface area contributed by atoms with Crippen molar-refractivity contribution in [1.29, 1.82) is 0 Å². The van der Waals surface area contributed by atoms with Gasteiger partial charge in [0, 0.05) is 5.41 Å². The fourth-order valence-corrected chi connectivity index (χ4v) is 5.64. The van der Waals surface area contributed by atoms with Gasteiger partial charge in [0.2, 0.25) is 0 Å². The van der Waals surface area contributed by atoms with Crippen LogP contribution in [0.2, 0.25) is 0 Å². The molecule has 0 radical (unpaired) electrons. The van der Waals surface area contributed by atoms with E-state index in [1.165, 1.54) is 54.9 Å². The van der Waals surface area contributed by atoms with Crippen LogP contribution >= 0.6 is 0 Å². The van der Waals surface area contributed by atoms with Crippen molar-refractivity contribution in [3.63, 3.8) is 0 Å².